The summed E-state index contributed by atoms with van der Waals surface area (Å²) in [5, 5.41) is 0. The molecule has 2 rings (SSSR count). The lowest BCUT2D eigenvalue weighted by atomic mass is 9.77. The van der Waals surface area contributed by atoms with E-state index in [0.29, 0.717) is 13.2 Å². The van der Waals surface area contributed by atoms with Crippen LogP contribution in [0.3, 0.4) is 0 Å². The molecule has 0 aromatic carbocycles. The number of hydrogen-bond donors (Lipinski definition) is 0. The molecule has 3 heteroatoms. The summed E-state index contributed by atoms with van der Waals surface area (Å²) in [6.45, 7) is 3.00. The van der Waals surface area contributed by atoms with Crippen molar-refractivity contribution < 1.29 is 14.3 Å². The molecule has 62 valence electrons. The van der Waals surface area contributed by atoms with E-state index in [1.165, 1.54) is 0 Å². The van der Waals surface area contributed by atoms with Crippen LogP contribution in [0.4, 0.5) is 0 Å². The maximum absolute atomic E-state index is 10.9. The van der Waals surface area contributed by atoms with Crippen molar-refractivity contribution >= 4 is 5.78 Å². The van der Waals surface area contributed by atoms with Crippen molar-refractivity contribution in [2.75, 3.05) is 13.2 Å². The Morgan fingerprint density at radius 1 is 1.36 bits per heavy atom. The summed E-state index contributed by atoms with van der Waals surface area (Å²) in [6.07, 6.45) is 1.53. The summed E-state index contributed by atoms with van der Waals surface area (Å²) in [5.41, 5.74) is 0. The zero-order valence-corrected chi connectivity index (χ0v) is 6.63. The first kappa shape index (κ1) is 7.25. The molecule has 0 N–H and O–H groups in total. The maximum Gasteiger partial charge on any atom is 0.169 e. The van der Waals surface area contributed by atoms with Gasteiger partial charge in [0.2, 0.25) is 0 Å². The fraction of sp³-hybridized carbons (Fsp3) is 0.875. The minimum Gasteiger partial charge on any atom is -0.347 e. The van der Waals surface area contributed by atoms with Crippen LogP contribution >= 0.6 is 0 Å². The zero-order valence-electron chi connectivity index (χ0n) is 6.63. The first-order valence-electron chi connectivity index (χ1n) is 4.00. The normalized spacial score (nSPS) is 28.8. The van der Waals surface area contributed by atoms with Gasteiger partial charge in [-0.1, -0.05) is 0 Å². The Hall–Kier alpha value is -0.410. The lowest BCUT2D eigenvalue weighted by Gasteiger charge is -2.41. The van der Waals surface area contributed by atoms with E-state index in [0.717, 1.165) is 12.8 Å². The minimum absolute atomic E-state index is 0.188. The molecule has 1 saturated carbocycles. The molecule has 1 aliphatic carbocycles. The van der Waals surface area contributed by atoms with Gasteiger partial charge in [0.15, 0.2) is 5.79 Å². The second-order valence-electron chi connectivity index (χ2n) is 3.32. The largest absolute Gasteiger partial charge is 0.347 e. The topological polar surface area (TPSA) is 35.5 Å². The van der Waals surface area contributed by atoms with E-state index in [9.17, 15) is 4.79 Å². The summed E-state index contributed by atoms with van der Waals surface area (Å²) in [5.74, 6) is 0.0962. The molecule has 2 fully saturated rings. The van der Waals surface area contributed by atoms with Gasteiger partial charge in [-0.05, 0) is 6.92 Å². The Morgan fingerprint density at radius 3 is 2.36 bits per heavy atom. The van der Waals surface area contributed by atoms with Gasteiger partial charge in [0, 0.05) is 18.8 Å². The summed E-state index contributed by atoms with van der Waals surface area (Å²) in [7, 11) is 0. The number of carbonyl (C=O) groups is 1. The molecular weight excluding hydrogens is 144 g/mol. The molecule has 0 unspecified atom stereocenters. The quantitative estimate of drug-likeness (QED) is 0.561. The first-order valence-corrected chi connectivity index (χ1v) is 4.00. The van der Waals surface area contributed by atoms with Crippen LogP contribution in [0.25, 0.3) is 0 Å². The number of ketones is 1. The third-order valence-corrected chi connectivity index (χ3v) is 2.50. The molecule has 1 spiro atoms. The van der Waals surface area contributed by atoms with Crippen LogP contribution in [0, 0.1) is 5.92 Å². The van der Waals surface area contributed by atoms with Crippen molar-refractivity contribution in [1.82, 2.24) is 0 Å². The fourth-order valence-corrected chi connectivity index (χ4v) is 1.71. The van der Waals surface area contributed by atoms with Gasteiger partial charge in [0.1, 0.15) is 5.78 Å². The molecule has 0 radical (unpaired) electrons. The lowest BCUT2D eigenvalue weighted by molar-refractivity contribution is -0.227. The highest BCUT2D eigenvalue weighted by atomic mass is 16.7. The Labute approximate surface area is 65.7 Å². The molecule has 1 aliphatic heterocycles. The Balaban J connectivity index is 1.91. The average molecular weight is 156 g/mol. The van der Waals surface area contributed by atoms with Crippen molar-refractivity contribution in [1.29, 1.82) is 0 Å². The van der Waals surface area contributed by atoms with Crippen LogP contribution in [0.1, 0.15) is 19.8 Å². The third kappa shape index (κ3) is 1.08. The molecule has 0 amide bonds. The van der Waals surface area contributed by atoms with Crippen LogP contribution in [0.5, 0.6) is 0 Å². The molecule has 2 aliphatic rings. The van der Waals surface area contributed by atoms with Gasteiger partial charge >= 0.3 is 0 Å². The van der Waals surface area contributed by atoms with Crippen molar-refractivity contribution in [3.8, 4) is 0 Å². The van der Waals surface area contributed by atoms with Gasteiger partial charge in [-0.2, -0.15) is 0 Å². The zero-order chi connectivity index (χ0) is 7.90. The molecule has 0 aromatic heterocycles. The molecule has 1 saturated heterocycles. The van der Waals surface area contributed by atoms with Gasteiger partial charge in [-0.3, -0.25) is 4.79 Å². The summed E-state index contributed by atoms with van der Waals surface area (Å²) in [6, 6.07) is 0. The Kier molecular flexibility index (Phi) is 1.51. The fourth-order valence-electron chi connectivity index (χ4n) is 1.71. The van der Waals surface area contributed by atoms with Gasteiger partial charge in [-0.15, -0.1) is 0 Å². The van der Waals surface area contributed by atoms with Gasteiger partial charge in [0.05, 0.1) is 13.2 Å². The van der Waals surface area contributed by atoms with E-state index in [1.807, 2.05) is 0 Å². The van der Waals surface area contributed by atoms with E-state index in [2.05, 4.69) is 0 Å². The predicted octanol–water partition coefficient (Wildman–Crippen LogP) is 0.728. The van der Waals surface area contributed by atoms with Crippen molar-refractivity contribution in [3.05, 3.63) is 0 Å². The number of carbonyl (C=O) groups excluding carboxylic acids is 1. The van der Waals surface area contributed by atoms with E-state index in [-0.39, 0.29) is 17.5 Å². The van der Waals surface area contributed by atoms with E-state index in [4.69, 9.17) is 9.47 Å². The monoisotopic (exact) mass is 156 g/mol. The Morgan fingerprint density at radius 2 is 1.91 bits per heavy atom. The van der Waals surface area contributed by atoms with Crippen LogP contribution < -0.4 is 0 Å². The van der Waals surface area contributed by atoms with Crippen LogP contribution in [0.2, 0.25) is 0 Å². The first-order chi connectivity index (χ1) is 5.22. The van der Waals surface area contributed by atoms with Crippen molar-refractivity contribution in [3.63, 3.8) is 0 Å². The molecule has 0 atom stereocenters. The van der Waals surface area contributed by atoms with Crippen molar-refractivity contribution in [2.24, 2.45) is 5.92 Å². The molecule has 0 bridgehead atoms. The van der Waals surface area contributed by atoms with Crippen molar-refractivity contribution in [2.45, 2.75) is 25.6 Å². The van der Waals surface area contributed by atoms with E-state index < -0.39 is 0 Å². The van der Waals surface area contributed by atoms with Gasteiger partial charge in [-0.25, -0.2) is 0 Å². The molecule has 0 aromatic rings. The standard InChI is InChI=1S/C8H12O3/c1-6(9)7-4-8(5-7)10-2-3-11-8/h7H,2-5H2,1H3. The van der Waals surface area contributed by atoms with E-state index >= 15 is 0 Å². The second-order valence-corrected chi connectivity index (χ2v) is 3.32. The number of rotatable bonds is 1. The predicted molar refractivity (Wildman–Crippen MR) is 38.0 cm³/mol. The summed E-state index contributed by atoms with van der Waals surface area (Å²) >= 11 is 0. The summed E-state index contributed by atoms with van der Waals surface area (Å²) < 4.78 is 10.8. The van der Waals surface area contributed by atoms with Crippen LogP contribution in [-0.4, -0.2) is 24.8 Å². The minimum atomic E-state index is -0.351. The van der Waals surface area contributed by atoms with Crippen LogP contribution in [0.15, 0.2) is 0 Å². The SMILES string of the molecule is CC(=O)C1CC2(C1)OCCO2. The number of ether oxygens (including phenoxy) is 2. The van der Waals surface area contributed by atoms with Gasteiger partial charge in [0.25, 0.3) is 0 Å². The lowest BCUT2D eigenvalue weighted by Crippen LogP contribution is -2.47. The second kappa shape index (κ2) is 2.29. The highest BCUT2D eigenvalue weighted by molar-refractivity contribution is 5.79. The molecule has 3 nitrogen and oxygen atoms in total. The highest BCUT2D eigenvalue weighted by Crippen LogP contribution is 2.44. The maximum atomic E-state index is 10.9. The van der Waals surface area contributed by atoms with Crippen LogP contribution in [-0.2, 0) is 14.3 Å². The third-order valence-electron chi connectivity index (χ3n) is 2.50. The summed E-state index contributed by atoms with van der Waals surface area (Å²) in [4.78, 5) is 10.9. The van der Waals surface area contributed by atoms with Gasteiger partial charge < -0.3 is 9.47 Å². The molecule has 1 heterocycles. The number of Topliss-reactive ketones (excluding diaryl/α,β-unsaturated/α-hetero) is 1. The molecule has 11 heavy (non-hydrogen) atoms. The smallest absolute Gasteiger partial charge is 0.169 e. The molecular formula is C8H12O3. The Bertz CT molecular complexity index is 174. The van der Waals surface area contributed by atoms with E-state index in [1.54, 1.807) is 6.92 Å². The average Bonchev–Trinajstić information content (AvgIpc) is 2.29. The number of hydrogen-bond acceptors (Lipinski definition) is 3. The highest BCUT2D eigenvalue weighted by Gasteiger charge is 2.50.